The fourth-order valence-corrected chi connectivity index (χ4v) is 6.99. The Bertz CT molecular complexity index is 833. The number of sulfonamides is 1. The van der Waals surface area contributed by atoms with Crippen molar-refractivity contribution in [1.29, 1.82) is 0 Å². The molecule has 1 aliphatic carbocycles. The van der Waals surface area contributed by atoms with Crippen molar-refractivity contribution in [2.75, 3.05) is 0 Å². The van der Waals surface area contributed by atoms with Crippen molar-refractivity contribution >= 4 is 31.6 Å². The first-order valence-electron chi connectivity index (χ1n) is 8.61. The quantitative estimate of drug-likeness (QED) is 0.523. The molecule has 2 aromatic carbocycles. The van der Waals surface area contributed by atoms with Crippen LogP contribution in [0.2, 0.25) is 0 Å². The van der Waals surface area contributed by atoms with Crippen LogP contribution in [0.25, 0.3) is 0 Å². The fourth-order valence-electron chi connectivity index (χ4n) is 2.77. The van der Waals surface area contributed by atoms with Crippen molar-refractivity contribution < 1.29 is 8.42 Å². The van der Waals surface area contributed by atoms with Gasteiger partial charge in [0.05, 0.1) is 4.90 Å². The van der Waals surface area contributed by atoms with Crippen molar-refractivity contribution in [1.82, 2.24) is 4.72 Å². The SMILES string of the molecule is Cc1ccc(S(=O)(=O)N[C@@H]2CC=CC[C@H]2SSCc2ccccc2)cc1. The van der Waals surface area contributed by atoms with E-state index in [1.807, 2.05) is 37.3 Å². The second-order valence-corrected chi connectivity index (χ2v) is 10.7. The molecule has 2 atom stereocenters. The summed E-state index contributed by atoms with van der Waals surface area (Å²) in [5.41, 5.74) is 2.34. The van der Waals surface area contributed by atoms with Gasteiger partial charge >= 0.3 is 0 Å². The molecule has 0 heterocycles. The van der Waals surface area contributed by atoms with Gasteiger partial charge in [-0.3, -0.25) is 0 Å². The Morgan fingerprint density at radius 1 is 1.00 bits per heavy atom. The molecule has 1 N–H and O–H groups in total. The third-order valence-corrected chi connectivity index (χ3v) is 8.64. The zero-order valence-corrected chi connectivity index (χ0v) is 17.1. The van der Waals surface area contributed by atoms with Gasteiger partial charge in [-0.05, 0) is 37.5 Å². The number of allylic oxidation sites excluding steroid dienone is 1. The van der Waals surface area contributed by atoms with Gasteiger partial charge in [0.15, 0.2) is 0 Å². The molecule has 0 spiro atoms. The maximum Gasteiger partial charge on any atom is 0.240 e. The topological polar surface area (TPSA) is 46.2 Å². The average Bonchev–Trinajstić information content (AvgIpc) is 2.64. The lowest BCUT2D eigenvalue weighted by Gasteiger charge is -2.28. The van der Waals surface area contributed by atoms with Crippen LogP contribution in [0.5, 0.6) is 0 Å². The molecule has 2 aromatic rings. The molecule has 1 aliphatic rings. The fraction of sp³-hybridized carbons (Fsp3) is 0.300. The predicted octanol–water partition coefficient (Wildman–Crippen LogP) is 4.94. The minimum Gasteiger partial charge on any atom is -0.207 e. The summed E-state index contributed by atoms with van der Waals surface area (Å²) < 4.78 is 28.3. The number of nitrogens with one attached hydrogen (secondary N) is 1. The van der Waals surface area contributed by atoms with E-state index in [2.05, 4.69) is 29.0 Å². The molecule has 3 rings (SSSR count). The van der Waals surface area contributed by atoms with E-state index in [1.54, 1.807) is 33.7 Å². The van der Waals surface area contributed by atoms with E-state index in [-0.39, 0.29) is 11.3 Å². The lowest BCUT2D eigenvalue weighted by Crippen LogP contribution is -2.42. The predicted molar refractivity (Wildman–Crippen MR) is 113 cm³/mol. The largest absolute Gasteiger partial charge is 0.240 e. The number of aryl methyl sites for hydroxylation is 1. The number of hydrogen-bond donors (Lipinski definition) is 1. The van der Waals surface area contributed by atoms with Crippen molar-refractivity contribution in [2.24, 2.45) is 0 Å². The highest BCUT2D eigenvalue weighted by molar-refractivity contribution is 8.76. The summed E-state index contributed by atoms with van der Waals surface area (Å²) in [6.45, 7) is 1.95. The molecule has 0 fully saturated rings. The van der Waals surface area contributed by atoms with E-state index in [1.165, 1.54) is 5.56 Å². The molecule has 0 radical (unpaired) electrons. The first kappa shape index (κ1) is 19.5. The first-order chi connectivity index (χ1) is 12.5. The van der Waals surface area contributed by atoms with Crippen LogP contribution in [0.1, 0.15) is 24.0 Å². The minimum absolute atomic E-state index is 0.0837. The van der Waals surface area contributed by atoms with Crippen LogP contribution in [0, 0.1) is 6.92 Å². The normalized spacial score (nSPS) is 20.2. The smallest absolute Gasteiger partial charge is 0.207 e. The third kappa shape index (κ3) is 5.39. The first-order valence-corrected chi connectivity index (χ1v) is 12.5. The Labute approximate surface area is 164 Å². The van der Waals surface area contributed by atoms with Crippen molar-refractivity contribution in [2.45, 2.75) is 41.7 Å². The van der Waals surface area contributed by atoms with E-state index < -0.39 is 10.0 Å². The molecule has 0 saturated carbocycles. The van der Waals surface area contributed by atoms with E-state index >= 15 is 0 Å². The lowest BCUT2D eigenvalue weighted by atomic mass is 10.0. The highest BCUT2D eigenvalue weighted by Crippen LogP contribution is 2.36. The van der Waals surface area contributed by atoms with Crippen LogP contribution in [0.3, 0.4) is 0 Å². The Hall–Kier alpha value is -1.21. The van der Waals surface area contributed by atoms with Gasteiger partial charge in [-0.1, -0.05) is 81.8 Å². The van der Waals surface area contributed by atoms with Crippen molar-refractivity contribution in [3.8, 4) is 0 Å². The molecule has 0 unspecified atom stereocenters. The highest BCUT2D eigenvalue weighted by Gasteiger charge is 2.28. The Kier molecular flexibility index (Phi) is 6.86. The van der Waals surface area contributed by atoms with Gasteiger partial charge in [-0.2, -0.15) is 0 Å². The number of rotatable bonds is 7. The third-order valence-electron chi connectivity index (χ3n) is 4.27. The second kappa shape index (κ2) is 9.13. The van der Waals surface area contributed by atoms with E-state index in [0.717, 1.165) is 24.2 Å². The Balaban J connectivity index is 1.61. The van der Waals surface area contributed by atoms with Crippen LogP contribution >= 0.6 is 21.6 Å². The van der Waals surface area contributed by atoms with Gasteiger partial charge in [0.25, 0.3) is 0 Å². The zero-order chi connectivity index (χ0) is 18.4. The molecule has 0 amide bonds. The number of benzene rings is 2. The summed E-state index contributed by atoms with van der Waals surface area (Å²) in [6.07, 6.45) is 5.83. The molecule has 26 heavy (non-hydrogen) atoms. The molecule has 6 heteroatoms. The second-order valence-electron chi connectivity index (χ2n) is 6.37. The van der Waals surface area contributed by atoms with Crippen LogP contribution in [0.15, 0.2) is 71.6 Å². The highest BCUT2D eigenvalue weighted by atomic mass is 33.1. The summed E-state index contributed by atoms with van der Waals surface area (Å²) in [4.78, 5) is 0.332. The summed E-state index contributed by atoms with van der Waals surface area (Å²) in [5.74, 6) is 0.920. The zero-order valence-electron chi connectivity index (χ0n) is 14.7. The van der Waals surface area contributed by atoms with Gasteiger partial charge in [-0.15, -0.1) is 0 Å². The van der Waals surface area contributed by atoms with Crippen molar-refractivity contribution in [3.63, 3.8) is 0 Å². The summed E-state index contributed by atoms with van der Waals surface area (Å²) in [6, 6.07) is 17.3. The van der Waals surface area contributed by atoms with Crippen LogP contribution in [-0.4, -0.2) is 19.7 Å². The summed E-state index contributed by atoms with van der Waals surface area (Å²) >= 11 is 0. The molecule has 138 valence electrons. The van der Waals surface area contributed by atoms with Gasteiger partial charge in [0.2, 0.25) is 10.0 Å². The number of hydrogen-bond acceptors (Lipinski definition) is 4. The van der Waals surface area contributed by atoms with Gasteiger partial charge in [0, 0.05) is 17.0 Å². The molecular weight excluding hydrogens is 382 g/mol. The maximum atomic E-state index is 12.7. The van der Waals surface area contributed by atoms with E-state index in [4.69, 9.17) is 0 Å². The average molecular weight is 406 g/mol. The molecule has 3 nitrogen and oxygen atoms in total. The lowest BCUT2D eigenvalue weighted by molar-refractivity contribution is 0.531. The van der Waals surface area contributed by atoms with Gasteiger partial charge < -0.3 is 0 Å². The molecule has 0 saturated heterocycles. The molecular formula is C20H23NO2S3. The van der Waals surface area contributed by atoms with Crippen LogP contribution < -0.4 is 4.72 Å². The maximum absolute atomic E-state index is 12.7. The minimum atomic E-state index is -3.49. The Morgan fingerprint density at radius 2 is 1.69 bits per heavy atom. The monoisotopic (exact) mass is 405 g/mol. The van der Waals surface area contributed by atoms with E-state index in [9.17, 15) is 8.42 Å². The molecule has 0 aromatic heterocycles. The summed E-state index contributed by atoms with van der Waals surface area (Å²) in [5, 5.41) is 0.230. The van der Waals surface area contributed by atoms with Crippen LogP contribution in [0.4, 0.5) is 0 Å². The van der Waals surface area contributed by atoms with E-state index in [0.29, 0.717) is 4.90 Å². The summed E-state index contributed by atoms with van der Waals surface area (Å²) in [7, 11) is 0.0722. The molecule has 0 aliphatic heterocycles. The van der Waals surface area contributed by atoms with Gasteiger partial charge in [0.1, 0.15) is 0 Å². The van der Waals surface area contributed by atoms with Gasteiger partial charge in [-0.25, -0.2) is 13.1 Å². The van der Waals surface area contributed by atoms with Crippen LogP contribution in [-0.2, 0) is 15.8 Å². The molecule has 0 bridgehead atoms. The Morgan fingerprint density at radius 3 is 2.42 bits per heavy atom. The standard InChI is InChI=1S/C20H23NO2S3/c1-16-11-13-18(14-12-16)26(22,23)21-19-9-5-6-10-20(19)25-24-15-17-7-3-2-4-8-17/h2-8,11-14,19-21H,9-10,15H2,1H3/t19-,20-/m1/s1. The van der Waals surface area contributed by atoms with Crippen molar-refractivity contribution in [3.05, 3.63) is 77.9 Å².